The molecule has 0 N–H and O–H groups in total. The van der Waals surface area contributed by atoms with Gasteiger partial charge in [0.1, 0.15) is 5.60 Å². The summed E-state index contributed by atoms with van der Waals surface area (Å²) >= 11 is 0. The largest absolute Gasteiger partial charge is 0.444 e. The molecule has 1 aliphatic rings. The van der Waals surface area contributed by atoms with Crippen molar-refractivity contribution < 1.29 is 17.9 Å². The van der Waals surface area contributed by atoms with Crippen LogP contribution in [0.25, 0.3) is 0 Å². The number of nitrogens with zero attached hydrogens (tertiary/aromatic N) is 3. The standard InChI is InChI=1S/C13H19N3O4S/c1-13(2,3)20-12(17)16-8-5-10(9-16)21(18,19)11-14-6-4-7-15-11/h4,6-7,10H,5,8-9H2,1-3H3. The van der Waals surface area contributed by atoms with Gasteiger partial charge in [0.2, 0.25) is 15.0 Å². The van der Waals surface area contributed by atoms with Gasteiger partial charge in [0.05, 0.1) is 5.25 Å². The molecule has 2 rings (SSSR count). The summed E-state index contributed by atoms with van der Waals surface area (Å²) in [5.74, 6) is 0. The van der Waals surface area contributed by atoms with Gasteiger partial charge < -0.3 is 9.64 Å². The Bertz CT molecular complexity index is 610. The highest BCUT2D eigenvalue weighted by atomic mass is 32.2. The molecule has 0 radical (unpaired) electrons. The fraction of sp³-hybridized carbons (Fsp3) is 0.615. The molecule has 2 heterocycles. The number of hydrogen-bond acceptors (Lipinski definition) is 6. The van der Waals surface area contributed by atoms with Gasteiger partial charge in [0, 0.05) is 25.5 Å². The molecular formula is C13H19N3O4S. The summed E-state index contributed by atoms with van der Waals surface area (Å²) in [6.45, 7) is 5.77. The fourth-order valence-electron chi connectivity index (χ4n) is 2.06. The van der Waals surface area contributed by atoms with Crippen molar-refractivity contribution in [2.75, 3.05) is 13.1 Å². The lowest BCUT2D eigenvalue weighted by molar-refractivity contribution is 0.0295. The molecule has 116 valence electrons. The van der Waals surface area contributed by atoms with Crippen molar-refractivity contribution >= 4 is 15.9 Å². The summed E-state index contributed by atoms with van der Waals surface area (Å²) < 4.78 is 30.0. The smallest absolute Gasteiger partial charge is 0.410 e. The van der Waals surface area contributed by atoms with E-state index in [2.05, 4.69) is 9.97 Å². The summed E-state index contributed by atoms with van der Waals surface area (Å²) in [6, 6.07) is 1.56. The predicted octanol–water partition coefficient (Wildman–Crippen LogP) is 1.26. The van der Waals surface area contributed by atoms with Crippen LogP contribution in [0.3, 0.4) is 0 Å². The zero-order valence-corrected chi connectivity index (χ0v) is 13.1. The molecule has 1 atom stereocenters. The van der Waals surface area contributed by atoms with Crippen LogP contribution in [0.1, 0.15) is 27.2 Å². The second-order valence-corrected chi connectivity index (χ2v) is 8.04. The minimum atomic E-state index is -3.62. The molecule has 1 aromatic rings. The van der Waals surface area contributed by atoms with Gasteiger partial charge in [-0.25, -0.2) is 23.2 Å². The average Bonchev–Trinajstić information content (AvgIpc) is 2.88. The van der Waals surface area contributed by atoms with Crippen molar-refractivity contribution in [3.63, 3.8) is 0 Å². The van der Waals surface area contributed by atoms with Crippen LogP contribution in [-0.4, -0.2) is 53.3 Å². The minimum Gasteiger partial charge on any atom is -0.444 e. The van der Waals surface area contributed by atoms with Crippen molar-refractivity contribution in [2.24, 2.45) is 0 Å². The highest BCUT2D eigenvalue weighted by molar-refractivity contribution is 7.91. The minimum absolute atomic E-state index is 0.107. The summed E-state index contributed by atoms with van der Waals surface area (Å²) in [4.78, 5) is 20.9. The number of amides is 1. The van der Waals surface area contributed by atoms with Crippen LogP contribution in [0.4, 0.5) is 4.79 Å². The number of carbonyl (C=O) groups is 1. The molecular weight excluding hydrogens is 294 g/mol. The first kappa shape index (κ1) is 15.7. The van der Waals surface area contributed by atoms with Crippen LogP contribution in [0, 0.1) is 0 Å². The molecule has 1 saturated heterocycles. The second kappa shape index (κ2) is 5.59. The van der Waals surface area contributed by atoms with Crippen molar-refractivity contribution in [2.45, 2.75) is 43.2 Å². The molecule has 1 aliphatic heterocycles. The van der Waals surface area contributed by atoms with Crippen LogP contribution in [-0.2, 0) is 14.6 Å². The third-order valence-corrected chi connectivity index (χ3v) is 5.01. The van der Waals surface area contributed by atoms with Crippen molar-refractivity contribution in [3.05, 3.63) is 18.5 Å². The Labute approximate surface area is 124 Å². The number of carbonyl (C=O) groups excluding carboxylic acids is 1. The van der Waals surface area contributed by atoms with Gasteiger partial charge in [-0.2, -0.15) is 0 Å². The Morgan fingerprint density at radius 2 is 1.95 bits per heavy atom. The molecule has 0 aromatic carbocycles. The lowest BCUT2D eigenvalue weighted by Gasteiger charge is -2.24. The van der Waals surface area contributed by atoms with E-state index in [1.54, 1.807) is 26.8 Å². The van der Waals surface area contributed by atoms with E-state index in [1.165, 1.54) is 17.3 Å². The van der Waals surface area contributed by atoms with E-state index in [-0.39, 0.29) is 11.7 Å². The molecule has 1 unspecified atom stereocenters. The van der Waals surface area contributed by atoms with Crippen LogP contribution in [0.15, 0.2) is 23.6 Å². The van der Waals surface area contributed by atoms with Gasteiger partial charge in [-0.05, 0) is 33.3 Å². The molecule has 7 nitrogen and oxygen atoms in total. The third-order valence-electron chi connectivity index (χ3n) is 3.03. The molecule has 1 amide bonds. The van der Waals surface area contributed by atoms with E-state index in [0.717, 1.165) is 0 Å². The Balaban J connectivity index is 2.07. The maximum absolute atomic E-state index is 12.4. The predicted molar refractivity (Wildman–Crippen MR) is 75.4 cm³/mol. The topological polar surface area (TPSA) is 89.5 Å². The molecule has 1 fully saturated rings. The van der Waals surface area contributed by atoms with E-state index >= 15 is 0 Å². The molecule has 21 heavy (non-hydrogen) atoms. The van der Waals surface area contributed by atoms with Crippen molar-refractivity contribution in [1.82, 2.24) is 14.9 Å². The lowest BCUT2D eigenvalue weighted by atomic mass is 10.2. The van der Waals surface area contributed by atoms with Crippen LogP contribution >= 0.6 is 0 Å². The highest BCUT2D eigenvalue weighted by Crippen LogP contribution is 2.23. The summed E-state index contributed by atoms with van der Waals surface area (Å²) in [7, 11) is -3.62. The molecule has 1 aromatic heterocycles. The first-order valence-corrected chi connectivity index (χ1v) is 8.23. The summed E-state index contributed by atoms with van der Waals surface area (Å²) in [6.07, 6.45) is 2.65. The second-order valence-electron chi connectivity index (χ2n) is 5.91. The maximum atomic E-state index is 12.4. The number of likely N-dealkylation sites (tertiary alicyclic amines) is 1. The van der Waals surface area contributed by atoms with Gasteiger partial charge in [-0.1, -0.05) is 0 Å². The van der Waals surface area contributed by atoms with E-state index < -0.39 is 26.8 Å². The Hall–Kier alpha value is -1.70. The van der Waals surface area contributed by atoms with E-state index in [0.29, 0.717) is 13.0 Å². The SMILES string of the molecule is CC(C)(C)OC(=O)N1CCC(S(=O)(=O)c2ncccn2)C1. The normalized spacial score (nSPS) is 19.6. The zero-order valence-electron chi connectivity index (χ0n) is 12.3. The first-order valence-electron chi connectivity index (χ1n) is 6.69. The zero-order chi connectivity index (χ0) is 15.7. The number of sulfone groups is 1. The Kier molecular flexibility index (Phi) is 4.18. The van der Waals surface area contributed by atoms with Crippen molar-refractivity contribution in [3.8, 4) is 0 Å². The quantitative estimate of drug-likeness (QED) is 0.764. The van der Waals surface area contributed by atoms with Crippen molar-refractivity contribution in [1.29, 1.82) is 0 Å². The third kappa shape index (κ3) is 3.69. The Morgan fingerprint density at radius 1 is 1.33 bits per heavy atom. The highest BCUT2D eigenvalue weighted by Gasteiger charge is 2.38. The average molecular weight is 313 g/mol. The molecule has 0 spiro atoms. The number of rotatable bonds is 2. The van der Waals surface area contributed by atoms with Gasteiger partial charge in [0.25, 0.3) is 0 Å². The fourth-order valence-corrected chi connectivity index (χ4v) is 3.56. The van der Waals surface area contributed by atoms with Crippen LogP contribution in [0.2, 0.25) is 0 Å². The van der Waals surface area contributed by atoms with Gasteiger partial charge in [-0.15, -0.1) is 0 Å². The lowest BCUT2D eigenvalue weighted by Crippen LogP contribution is -2.36. The van der Waals surface area contributed by atoms with Gasteiger partial charge in [0.15, 0.2) is 0 Å². The van der Waals surface area contributed by atoms with E-state index in [1.807, 2.05) is 0 Å². The summed E-state index contributed by atoms with van der Waals surface area (Å²) in [5, 5.41) is -0.881. The monoisotopic (exact) mass is 313 g/mol. The van der Waals surface area contributed by atoms with Gasteiger partial charge >= 0.3 is 6.09 Å². The van der Waals surface area contributed by atoms with Gasteiger partial charge in [-0.3, -0.25) is 0 Å². The number of hydrogen-bond donors (Lipinski definition) is 0. The van der Waals surface area contributed by atoms with E-state index in [9.17, 15) is 13.2 Å². The van der Waals surface area contributed by atoms with Crippen LogP contribution in [0.5, 0.6) is 0 Å². The molecule has 0 aliphatic carbocycles. The van der Waals surface area contributed by atoms with E-state index in [4.69, 9.17) is 4.74 Å². The number of ether oxygens (including phenoxy) is 1. The molecule has 8 heteroatoms. The maximum Gasteiger partial charge on any atom is 0.410 e. The first-order chi connectivity index (χ1) is 9.70. The number of aromatic nitrogens is 2. The summed E-state index contributed by atoms with van der Waals surface area (Å²) in [5.41, 5.74) is -0.601. The molecule has 0 saturated carbocycles. The van der Waals surface area contributed by atoms with Crippen LogP contribution < -0.4 is 0 Å². The Morgan fingerprint density at radius 3 is 2.52 bits per heavy atom. The molecule has 0 bridgehead atoms.